The molecule has 7 nitrogen and oxygen atoms in total. The van der Waals surface area contributed by atoms with Gasteiger partial charge in [-0.1, -0.05) is 61.0 Å². The summed E-state index contributed by atoms with van der Waals surface area (Å²) in [6, 6.07) is 12.8. The van der Waals surface area contributed by atoms with Gasteiger partial charge in [0.1, 0.15) is 12.6 Å². The van der Waals surface area contributed by atoms with Crippen LogP contribution in [0.4, 0.5) is 5.95 Å². The standard InChI is InChI=1S/C26H29ClN4O3S/c1-5-6-13-35-26-29-25-28-16(2)23(17(3)32)24(31(25)30-26)18-11-12-21(22(14-18)33-4)34-15-19-9-7-8-10-20(19)27/h7-12,14,24H,5-6,13,15H2,1-4H3,(H,28,29,30). The van der Waals surface area contributed by atoms with Crippen LogP contribution in [-0.2, 0) is 11.4 Å². The van der Waals surface area contributed by atoms with Crippen LogP contribution in [0.15, 0.2) is 58.9 Å². The molecule has 3 aromatic rings. The number of hydrogen-bond acceptors (Lipinski definition) is 7. The largest absolute Gasteiger partial charge is 0.493 e. The van der Waals surface area contributed by atoms with Crippen molar-refractivity contribution in [3.05, 3.63) is 69.9 Å². The number of carbonyl (C=O) groups excluding carboxylic acids is 1. The van der Waals surface area contributed by atoms with Gasteiger partial charge in [-0.2, -0.15) is 4.98 Å². The molecule has 1 atom stereocenters. The van der Waals surface area contributed by atoms with Gasteiger partial charge in [-0.3, -0.25) is 4.79 Å². The highest BCUT2D eigenvalue weighted by molar-refractivity contribution is 7.99. The Morgan fingerprint density at radius 2 is 2.03 bits per heavy atom. The number of benzene rings is 2. The summed E-state index contributed by atoms with van der Waals surface area (Å²) in [7, 11) is 1.60. The fourth-order valence-corrected chi connectivity index (χ4v) is 5.11. The molecule has 184 valence electrons. The molecule has 2 aromatic carbocycles. The fourth-order valence-electron chi connectivity index (χ4n) is 4.01. The van der Waals surface area contributed by atoms with Gasteiger partial charge in [0.25, 0.3) is 0 Å². The van der Waals surface area contributed by atoms with Gasteiger partial charge in [-0.15, -0.1) is 5.10 Å². The van der Waals surface area contributed by atoms with E-state index in [4.69, 9.17) is 26.2 Å². The third-order valence-corrected chi connectivity index (χ3v) is 7.08. The zero-order valence-electron chi connectivity index (χ0n) is 20.3. The molecule has 0 saturated heterocycles. The number of unbranched alkanes of at least 4 members (excludes halogenated alkanes) is 1. The number of carbonyl (C=O) groups is 1. The van der Waals surface area contributed by atoms with Crippen LogP contribution in [0.1, 0.15) is 50.8 Å². The highest BCUT2D eigenvalue weighted by Gasteiger charge is 2.33. The summed E-state index contributed by atoms with van der Waals surface area (Å²) in [6.07, 6.45) is 2.20. The Labute approximate surface area is 214 Å². The third kappa shape index (κ3) is 5.49. The van der Waals surface area contributed by atoms with E-state index in [1.165, 1.54) is 0 Å². The van der Waals surface area contributed by atoms with E-state index < -0.39 is 6.04 Å². The fraction of sp³-hybridized carbons (Fsp3) is 0.346. The summed E-state index contributed by atoms with van der Waals surface area (Å²) in [6.45, 7) is 5.94. The molecule has 0 spiro atoms. The molecule has 0 radical (unpaired) electrons. The van der Waals surface area contributed by atoms with Crippen molar-refractivity contribution in [3.63, 3.8) is 0 Å². The number of aromatic nitrogens is 3. The summed E-state index contributed by atoms with van der Waals surface area (Å²) >= 11 is 7.89. The molecule has 0 bridgehead atoms. The summed E-state index contributed by atoms with van der Waals surface area (Å²) < 4.78 is 13.5. The molecule has 1 aliphatic heterocycles. The van der Waals surface area contributed by atoms with Crippen molar-refractivity contribution in [1.82, 2.24) is 14.8 Å². The van der Waals surface area contributed by atoms with E-state index in [0.717, 1.165) is 35.4 Å². The number of Topliss-reactive ketones (excluding diaryl/α,β-unsaturated/α-hetero) is 1. The second-order valence-electron chi connectivity index (χ2n) is 8.28. The number of nitrogens with one attached hydrogen (secondary N) is 1. The quantitative estimate of drug-likeness (QED) is 0.252. The molecule has 4 rings (SSSR count). The van der Waals surface area contributed by atoms with Crippen LogP contribution in [0.25, 0.3) is 0 Å². The first-order chi connectivity index (χ1) is 16.9. The molecular weight excluding hydrogens is 484 g/mol. The predicted octanol–water partition coefficient (Wildman–Crippen LogP) is 6.29. The minimum Gasteiger partial charge on any atom is -0.493 e. The number of nitrogens with zero attached hydrogens (tertiary/aromatic N) is 3. The molecule has 0 aliphatic carbocycles. The van der Waals surface area contributed by atoms with E-state index in [1.54, 1.807) is 30.5 Å². The number of halogens is 1. The minimum absolute atomic E-state index is 0.0284. The smallest absolute Gasteiger partial charge is 0.227 e. The molecule has 2 heterocycles. The normalized spacial score (nSPS) is 14.9. The minimum atomic E-state index is -0.428. The van der Waals surface area contributed by atoms with Crippen molar-refractivity contribution in [2.75, 3.05) is 18.2 Å². The van der Waals surface area contributed by atoms with Crippen LogP contribution in [0.2, 0.25) is 5.02 Å². The third-order valence-electron chi connectivity index (χ3n) is 5.79. The average molecular weight is 513 g/mol. The highest BCUT2D eigenvalue weighted by atomic mass is 35.5. The highest BCUT2D eigenvalue weighted by Crippen LogP contribution is 2.40. The summed E-state index contributed by atoms with van der Waals surface area (Å²) in [4.78, 5) is 17.4. The van der Waals surface area contributed by atoms with E-state index in [9.17, 15) is 4.79 Å². The topological polar surface area (TPSA) is 78.3 Å². The van der Waals surface area contributed by atoms with Crippen LogP contribution < -0.4 is 14.8 Å². The van der Waals surface area contributed by atoms with E-state index in [0.29, 0.717) is 39.8 Å². The second-order valence-corrected chi connectivity index (χ2v) is 9.75. The average Bonchev–Trinajstić information content (AvgIpc) is 3.24. The lowest BCUT2D eigenvalue weighted by atomic mass is 9.93. The number of hydrogen-bond donors (Lipinski definition) is 1. The van der Waals surface area contributed by atoms with Crippen molar-refractivity contribution in [1.29, 1.82) is 0 Å². The number of fused-ring (bicyclic) bond motifs is 1. The number of methoxy groups -OCH3 is 1. The molecule has 0 fully saturated rings. The number of anilines is 1. The first-order valence-electron chi connectivity index (χ1n) is 11.5. The zero-order valence-corrected chi connectivity index (χ0v) is 21.9. The predicted molar refractivity (Wildman–Crippen MR) is 140 cm³/mol. The van der Waals surface area contributed by atoms with E-state index >= 15 is 0 Å². The number of rotatable bonds is 10. The van der Waals surface area contributed by atoms with Crippen molar-refractivity contribution in [3.8, 4) is 11.5 Å². The monoisotopic (exact) mass is 512 g/mol. The molecule has 1 N–H and O–H groups in total. The van der Waals surface area contributed by atoms with Gasteiger partial charge in [0.15, 0.2) is 17.3 Å². The number of ether oxygens (including phenoxy) is 2. The molecule has 35 heavy (non-hydrogen) atoms. The number of thioether (sulfide) groups is 1. The van der Waals surface area contributed by atoms with Gasteiger partial charge >= 0.3 is 0 Å². The maximum atomic E-state index is 12.7. The Morgan fingerprint density at radius 1 is 1.23 bits per heavy atom. The van der Waals surface area contributed by atoms with Gasteiger partial charge in [-0.25, -0.2) is 4.68 Å². The lowest BCUT2D eigenvalue weighted by Crippen LogP contribution is -2.27. The number of allylic oxidation sites excluding steroid dienone is 2. The first-order valence-corrected chi connectivity index (χ1v) is 12.9. The van der Waals surface area contributed by atoms with Crippen molar-refractivity contribution in [2.24, 2.45) is 0 Å². The van der Waals surface area contributed by atoms with Crippen LogP contribution >= 0.6 is 23.4 Å². The Balaban J connectivity index is 1.67. The molecule has 1 unspecified atom stereocenters. The molecule has 0 amide bonds. The maximum absolute atomic E-state index is 12.7. The summed E-state index contributed by atoms with van der Waals surface area (Å²) in [5, 5.41) is 9.33. The second kappa shape index (κ2) is 11.2. The van der Waals surface area contributed by atoms with Crippen LogP contribution in [-0.4, -0.2) is 33.4 Å². The molecule has 0 saturated carbocycles. The molecular formula is C26H29ClN4O3S. The maximum Gasteiger partial charge on any atom is 0.227 e. The van der Waals surface area contributed by atoms with E-state index in [-0.39, 0.29) is 5.78 Å². The molecule has 9 heteroatoms. The summed E-state index contributed by atoms with van der Waals surface area (Å²) in [5.41, 5.74) is 3.15. The lowest BCUT2D eigenvalue weighted by molar-refractivity contribution is -0.114. The van der Waals surface area contributed by atoms with Crippen molar-refractivity contribution in [2.45, 2.75) is 51.4 Å². The van der Waals surface area contributed by atoms with Crippen LogP contribution in [0.3, 0.4) is 0 Å². The SMILES string of the molecule is CCCCSc1nc2n(n1)C(c1ccc(OCc3ccccc3Cl)c(OC)c1)C(C(C)=O)=C(C)N2. The van der Waals surface area contributed by atoms with Gasteiger partial charge in [-0.05, 0) is 44.0 Å². The molecule has 1 aromatic heterocycles. The van der Waals surface area contributed by atoms with Crippen molar-refractivity contribution < 1.29 is 14.3 Å². The lowest BCUT2D eigenvalue weighted by Gasteiger charge is -2.28. The van der Waals surface area contributed by atoms with Gasteiger partial charge in [0.05, 0.1) is 7.11 Å². The Kier molecular flexibility index (Phi) is 8.03. The van der Waals surface area contributed by atoms with Crippen LogP contribution in [0, 0.1) is 0 Å². The number of ketones is 1. The van der Waals surface area contributed by atoms with E-state index in [1.807, 2.05) is 49.4 Å². The van der Waals surface area contributed by atoms with Crippen LogP contribution in [0.5, 0.6) is 11.5 Å². The van der Waals surface area contributed by atoms with E-state index in [2.05, 4.69) is 17.2 Å². The van der Waals surface area contributed by atoms with Gasteiger partial charge < -0.3 is 14.8 Å². The summed E-state index contributed by atoms with van der Waals surface area (Å²) in [5.74, 6) is 2.69. The molecule has 1 aliphatic rings. The Bertz CT molecular complexity index is 1260. The van der Waals surface area contributed by atoms with Gasteiger partial charge in [0.2, 0.25) is 11.1 Å². The zero-order chi connectivity index (χ0) is 24.9. The van der Waals surface area contributed by atoms with Gasteiger partial charge in [0, 0.05) is 27.6 Å². The first kappa shape index (κ1) is 25.1. The van der Waals surface area contributed by atoms with Crippen molar-refractivity contribution >= 4 is 35.1 Å². The Morgan fingerprint density at radius 3 is 2.74 bits per heavy atom. The Hall–Kier alpha value is -2.97.